The van der Waals surface area contributed by atoms with Gasteiger partial charge in [-0.2, -0.15) is 0 Å². The van der Waals surface area contributed by atoms with E-state index in [4.69, 9.17) is 4.74 Å². The summed E-state index contributed by atoms with van der Waals surface area (Å²) in [7, 11) is 7.96. The summed E-state index contributed by atoms with van der Waals surface area (Å²) in [5, 5.41) is 0. The number of rotatable bonds is 5. The summed E-state index contributed by atoms with van der Waals surface area (Å²) in [6.07, 6.45) is 0. The van der Waals surface area contributed by atoms with Gasteiger partial charge in [-0.15, -0.1) is 0 Å². The first kappa shape index (κ1) is 16.3. The molecule has 0 fully saturated rings. The van der Waals surface area contributed by atoms with E-state index in [1.807, 2.05) is 50.1 Å². The molecule has 112 valence electrons. The lowest BCUT2D eigenvalue weighted by Gasteiger charge is -2.22. The van der Waals surface area contributed by atoms with Crippen LogP contribution in [-0.4, -0.2) is 57.1 Å². The van der Waals surface area contributed by atoms with Crippen molar-refractivity contribution in [1.29, 1.82) is 0 Å². The van der Waals surface area contributed by atoms with Gasteiger partial charge >= 0.3 is 0 Å². The number of benzene rings is 1. The highest BCUT2D eigenvalue weighted by molar-refractivity contribution is 5.79. The minimum absolute atomic E-state index is 0.552. The molecule has 0 atom stereocenters. The Morgan fingerprint density at radius 2 is 1.60 bits per heavy atom. The van der Waals surface area contributed by atoms with Crippen molar-refractivity contribution < 1.29 is 4.74 Å². The van der Waals surface area contributed by atoms with Crippen LogP contribution >= 0.6 is 0 Å². The number of guanidine groups is 1. The standard InChI is InChI=1S/C16H27N3O/c1-13(2)14-7-9-15(10-8-14)20-12-11-17-16(18(3)4)19(5)6/h7-10,13H,11-12H2,1-6H3. The molecule has 1 aromatic rings. The molecule has 0 aromatic heterocycles. The smallest absolute Gasteiger partial charge is 0.195 e. The summed E-state index contributed by atoms with van der Waals surface area (Å²) in [5.41, 5.74) is 1.33. The second-order valence-corrected chi connectivity index (χ2v) is 5.54. The van der Waals surface area contributed by atoms with Crippen molar-refractivity contribution in [3.05, 3.63) is 29.8 Å². The maximum absolute atomic E-state index is 5.71. The molecule has 0 N–H and O–H groups in total. The third-order valence-electron chi connectivity index (χ3n) is 2.96. The van der Waals surface area contributed by atoms with Crippen molar-refractivity contribution in [2.45, 2.75) is 19.8 Å². The average Bonchev–Trinajstić information content (AvgIpc) is 2.38. The van der Waals surface area contributed by atoms with Crippen LogP contribution < -0.4 is 4.74 Å². The fourth-order valence-corrected chi connectivity index (χ4v) is 1.94. The van der Waals surface area contributed by atoms with Crippen molar-refractivity contribution in [3.8, 4) is 5.75 Å². The van der Waals surface area contributed by atoms with E-state index in [1.165, 1.54) is 5.56 Å². The van der Waals surface area contributed by atoms with Crippen molar-refractivity contribution >= 4 is 5.96 Å². The Morgan fingerprint density at radius 3 is 2.05 bits per heavy atom. The molecule has 1 rings (SSSR count). The van der Waals surface area contributed by atoms with Gasteiger partial charge in [-0.05, 0) is 23.6 Å². The molecule has 0 radical (unpaired) electrons. The van der Waals surface area contributed by atoms with Gasteiger partial charge < -0.3 is 14.5 Å². The first-order chi connectivity index (χ1) is 9.41. The van der Waals surface area contributed by atoms with Gasteiger partial charge in [0, 0.05) is 28.2 Å². The third kappa shape index (κ3) is 5.11. The molecule has 0 aliphatic rings. The van der Waals surface area contributed by atoms with Crippen LogP contribution in [0, 0.1) is 0 Å². The lowest BCUT2D eigenvalue weighted by molar-refractivity contribution is 0.326. The summed E-state index contributed by atoms with van der Waals surface area (Å²) in [4.78, 5) is 8.52. The minimum Gasteiger partial charge on any atom is -0.492 e. The van der Waals surface area contributed by atoms with Gasteiger partial charge in [0.25, 0.3) is 0 Å². The van der Waals surface area contributed by atoms with Crippen LogP contribution in [0.3, 0.4) is 0 Å². The number of hydrogen-bond acceptors (Lipinski definition) is 2. The molecule has 4 heteroatoms. The SMILES string of the molecule is CC(C)c1ccc(OCCN=C(N(C)C)N(C)C)cc1. The molecule has 0 bridgehead atoms. The molecule has 1 aromatic carbocycles. The zero-order valence-corrected chi connectivity index (χ0v) is 13.6. The van der Waals surface area contributed by atoms with E-state index < -0.39 is 0 Å². The quantitative estimate of drug-likeness (QED) is 0.470. The molecule has 0 aliphatic carbocycles. The van der Waals surface area contributed by atoms with Crippen LogP contribution in [0.5, 0.6) is 5.75 Å². The normalized spacial score (nSPS) is 10.3. The van der Waals surface area contributed by atoms with Crippen molar-refractivity contribution in [3.63, 3.8) is 0 Å². The molecule has 0 heterocycles. The van der Waals surface area contributed by atoms with Gasteiger partial charge in [0.2, 0.25) is 0 Å². The average molecular weight is 277 g/mol. The number of ether oxygens (including phenoxy) is 1. The molecule has 4 nitrogen and oxygen atoms in total. The van der Waals surface area contributed by atoms with Crippen molar-refractivity contribution in [2.75, 3.05) is 41.3 Å². The van der Waals surface area contributed by atoms with Crippen LogP contribution in [0.1, 0.15) is 25.3 Å². The fraction of sp³-hybridized carbons (Fsp3) is 0.562. The van der Waals surface area contributed by atoms with Gasteiger partial charge in [0.05, 0.1) is 6.54 Å². The Labute approximate surface area is 123 Å². The van der Waals surface area contributed by atoms with Gasteiger partial charge in [0.15, 0.2) is 5.96 Å². The van der Waals surface area contributed by atoms with E-state index in [-0.39, 0.29) is 0 Å². The van der Waals surface area contributed by atoms with Gasteiger partial charge in [-0.3, -0.25) is 0 Å². The number of aliphatic imine (C=N–C) groups is 1. The molecule has 0 aliphatic heterocycles. The zero-order valence-electron chi connectivity index (χ0n) is 13.6. The Kier molecular flexibility index (Phi) is 6.36. The van der Waals surface area contributed by atoms with Crippen molar-refractivity contribution in [1.82, 2.24) is 9.80 Å². The Hall–Kier alpha value is -1.71. The highest BCUT2D eigenvalue weighted by Gasteiger charge is 2.03. The Balaban J connectivity index is 2.46. The molecule has 0 spiro atoms. The van der Waals surface area contributed by atoms with E-state index in [0.717, 1.165) is 11.7 Å². The molecule has 20 heavy (non-hydrogen) atoms. The van der Waals surface area contributed by atoms with Gasteiger partial charge in [-0.25, -0.2) is 4.99 Å². The zero-order chi connectivity index (χ0) is 15.1. The number of nitrogens with zero attached hydrogens (tertiary/aromatic N) is 3. The lowest BCUT2D eigenvalue weighted by Crippen LogP contribution is -2.35. The first-order valence-corrected chi connectivity index (χ1v) is 7.03. The highest BCUT2D eigenvalue weighted by atomic mass is 16.5. The van der Waals surface area contributed by atoms with Crippen LogP contribution in [-0.2, 0) is 0 Å². The van der Waals surface area contributed by atoms with Crippen LogP contribution in [0.15, 0.2) is 29.3 Å². The monoisotopic (exact) mass is 277 g/mol. The maximum atomic E-state index is 5.71. The molecule has 0 saturated heterocycles. The summed E-state index contributed by atoms with van der Waals surface area (Å²) in [5.74, 6) is 2.40. The predicted molar refractivity (Wildman–Crippen MR) is 85.7 cm³/mol. The van der Waals surface area contributed by atoms with E-state index in [1.54, 1.807) is 0 Å². The van der Waals surface area contributed by atoms with E-state index in [0.29, 0.717) is 19.1 Å². The molecule has 0 unspecified atom stereocenters. The van der Waals surface area contributed by atoms with Gasteiger partial charge in [-0.1, -0.05) is 26.0 Å². The van der Waals surface area contributed by atoms with Crippen molar-refractivity contribution in [2.24, 2.45) is 4.99 Å². The summed E-state index contributed by atoms with van der Waals surface area (Å²) >= 11 is 0. The maximum Gasteiger partial charge on any atom is 0.195 e. The van der Waals surface area contributed by atoms with E-state index in [9.17, 15) is 0 Å². The largest absolute Gasteiger partial charge is 0.492 e. The number of hydrogen-bond donors (Lipinski definition) is 0. The van der Waals surface area contributed by atoms with E-state index >= 15 is 0 Å². The van der Waals surface area contributed by atoms with Crippen LogP contribution in [0.2, 0.25) is 0 Å². The summed E-state index contributed by atoms with van der Waals surface area (Å²) in [6, 6.07) is 8.29. The third-order valence-corrected chi connectivity index (χ3v) is 2.96. The van der Waals surface area contributed by atoms with Crippen LogP contribution in [0.4, 0.5) is 0 Å². The summed E-state index contributed by atoms with van der Waals surface area (Å²) < 4.78 is 5.71. The second-order valence-electron chi connectivity index (χ2n) is 5.54. The predicted octanol–water partition coefficient (Wildman–Crippen LogP) is 2.67. The Bertz CT molecular complexity index is 412. The highest BCUT2D eigenvalue weighted by Crippen LogP contribution is 2.18. The summed E-state index contributed by atoms with van der Waals surface area (Å²) in [6.45, 7) is 5.62. The molecule has 0 amide bonds. The topological polar surface area (TPSA) is 28.1 Å². The first-order valence-electron chi connectivity index (χ1n) is 7.03. The van der Waals surface area contributed by atoms with Crippen LogP contribution in [0.25, 0.3) is 0 Å². The fourth-order valence-electron chi connectivity index (χ4n) is 1.94. The van der Waals surface area contributed by atoms with Gasteiger partial charge in [0.1, 0.15) is 12.4 Å². The minimum atomic E-state index is 0.552. The molecular weight excluding hydrogens is 250 g/mol. The van der Waals surface area contributed by atoms with E-state index in [2.05, 4.69) is 31.0 Å². The second kappa shape index (κ2) is 7.78. The lowest BCUT2D eigenvalue weighted by atomic mass is 10.0. The Morgan fingerprint density at radius 1 is 1.05 bits per heavy atom. The molecular formula is C16H27N3O. The molecule has 0 saturated carbocycles.